The molecule has 0 aliphatic carbocycles. The average molecular weight is 482 g/mol. The fourth-order valence-electron chi connectivity index (χ4n) is 3.57. The van der Waals surface area contributed by atoms with E-state index in [0.29, 0.717) is 32.4 Å². The van der Waals surface area contributed by atoms with Crippen molar-refractivity contribution in [2.45, 2.75) is 13.8 Å². The van der Waals surface area contributed by atoms with Gasteiger partial charge in [-0.15, -0.1) is 0 Å². The second-order valence-electron chi connectivity index (χ2n) is 7.57. The molecule has 0 bridgehead atoms. The minimum absolute atomic E-state index is 0. The lowest BCUT2D eigenvalue weighted by molar-refractivity contribution is 0.0992. The van der Waals surface area contributed by atoms with Crippen LogP contribution < -0.4 is 5.32 Å². The number of hydrogen-bond acceptors (Lipinski definition) is 4. The maximum atomic E-state index is 12.9. The molecule has 0 spiro atoms. The van der Waals surface area contributed by atoms with Crippen LogP contribution in [0.2, 0.25) is 10.0 Å². The molecule has 33 heavy (non-hydrogen) atoms. The number of carbonyl (C=O) groups is 2. The third-order valence-electron chi connectivity index (χ3n) is 5.29. The number of Topliss-reactive ketones (excluding diaryl/α,β-unsaturated/α-hetero) is 1. The van der Waals surface area contributed by atoms with Gasteiger partial charge in [0, 0.05) is 52.4 Å². The van der Waals surface area contributed by atoms with E-state index in [-0.39, 0.29) is 25.5 Å². The highest BCUT2D eigenvalue weighted by Gasteiger charge is 2.18. The summed E-state index contributed by atoms with van der Waals surface area (Å²) in [6.45, 7) is 1.68. The normalized spacial score (nSPS) is 12.7. The van der Waals surface area contributed by atoms with Crippen molar-refractivity contribution >= 4 is 46.4 Å². The molecule has 1 aliphatic heterocycles. The molecule has 0 aromatic heterocycles. The predicted molar refractivity (Wildman–Crippen MR) is 136 cm³/mol. The number of anilines is 1. The minimum atomic E-state index is -0.338. The van der Waals surface area contributed by atoms with E-state index in [0.717, 1.165) is 24.5 Å². The lowest BCUT2D eigenvalue weighted by Crippen LogP contribution is -2.23. The Hall–Kier alpha value is -3.15. The van der Waals surface area contributed by atoms with Gasteiger partial charge >= 0.3 is 0 Å². The Morgan fingerprint density at radius 1 is 0.970 bits per heavy atom. The number of carbonyl (C=O) groups excluding carboxylic acids is 2. The van der Waals surface area contributed by atoms with Gasteiger partial charge in [-0.1, -0.05) is 61.0 Å². The Morgan fingerprint density at radius 3 is 2.27 bits per heavy atom. The maximum absolute atomic E-state index is 12.9. The molecule has 1 heterocycles. The summed E-state index contributed by atoms with van der Waals surface area (Å²) in [6, 6.07) is 19.2. The van der Waals surface area contributed by atoms with Crippen molar-refractivity contribution in [3.63, 3.8) is 0 Å². The molecule has 0 atom stereocenters. The molecular weight excluding hydrogens is 457 g/mol. The Kier molecular flexibility index (Phi) is 7.90. The van der Waals surface area contributed by atoms with Crippen molar-refractivity contribution in [1.82, 2.24) is 4.90 Å². The third kappa shape index (κ3) is 5.81. The van der Waals surface area contributed by atoms with Crippen LogP contribution in [0.25, 0.3) is 0 Å². The number of hydrogen-bond donors (Lipinski definition) is 1. The first-order chi connectivity index (χ1) is 15.4. The zero-order chi connectivity index (χ0) is 22.7. The maximum Gasteiger partial charge on any atom is 0.256 e. The Labute approximate surface area is 204 Å². The van der Waals surface area contributed by atoms with Crippen LogP contribution in [0.5, 0.6) is 0 Å². The molecule has 4 rings (SSSR count). The molecule has 3 aromatic rings. The van der Waals surface area contributed by atoms with Gasteiger partial charge in [0.1, 0.15) is 5.84 Å². The van der Waals surface area contributed by atoms with Gasteiger partial charge in [0.25, 0.3) is 5.91 Å². The monoisotopic (exact) mass is 481 g/mol. The lowest BCUT2D eigenvalue weighted by Gasteiger charge is -2.14. The summed E-state index contributed by atoms with van der Waals surface area (Å²) in [5, 5.41) is 3.83. The number of amidine groups is 1. The SMILES string of the molecule is C.CN1CCN=C1c1ccc(C(=O)Cc2ccc(Cl)cc2C(=O)Nc2ccc(Cl)cc2)cc1. The summed E-state index contributed by atoms with van der Waals surface area (Å²) < 4.78 is 0. The van der Waals surface area contributed by atoms with E-state index in [1.165, 1.54) is 0 Å². The average Bonchev–Trinajstić information content (AvgIpc) is 3.22. The van der Waals surface area contributed by atoms with Crippen molar-refractivity contribution in [2.75, 3.05) is 25.5 Å². The number of ketones is 1. The van der Waals surface area contributed by atoms with Gasteiger partial charge in [-0.25, -0.2) is 0 Å². The van der Waals surface area contributed by atoms with Crippen molar-refractivity contribution in [3.8, 4) is 0 Å². The number of halogens is 2. The molecule has 0 saturated heterocycles. The number of amides is 1. The fraction of sp³-hybridized carbons (Fsp3) is 0.192. The van der Waals surface area contributed by atoms with Crippen LogP contribution in [0, 0.1) is 0 Å². The molecular formula is C26H25Cl2N3O2. The minimum Gasteiger partial charge on any atom is -0.358 e. The van der Waals surface area contributed by atoms with Gasteiger partial charge in [-0.3, -0.25) is 14.6 Å². The van der Waals surface area contributed by atoms with Crippen LogP contribution in [0.1, 0.15) is 39.3 Å². The highest BCUT2D eigenvalue weighted by Crippen LogP contribution is 2.21. The zero-order valence-electron chi connectivity index (χ0n) is 17.4. The zero-order valence-corrected chi connectivity index (χ0v) is 19.0. The van der Waals surface area contributed by atoms with Gasteiger partial charge in [0.15, 0.2) is 5.78 Å². The van der Waals surface area contributed by atoms with Crippen LogP contribution in [0.15, 0.2) is 71.7 Å². The molecule has 0 fully saturated rings. The van der Waals surface area contributed by atoms with Crippen LogP contribution in [-0.2, 0) is 6.42 Å². The summed E-state index contributed by atoms with van der Waals surface area (Å²) in [4.78, 5) is 32.4. The van der Waals surface area contributed by atoms with Crippen LogP contribution in [-0.4, -0.2) is 42.6 Å². The van der Waals surface area contributed by atoms with E-state index in [9.17, 15) is 9.59 Å². The third-order valence-corrected chi connectivity index (χ3v) is 5.78. The number of likely N-dealkylation sites (N-methyl/N-ethyl adjacent to an activating group) is 1. The van der Waals surface area contributed by atoms with Crippen molar-refractivity contribution in [3.05, 3.63) is 99.0 Å². The Bertz CT molecular complexity index is 1190. The Balaban J connectivity index is 0.00000306. The molecule has 170 valence electrons. The molecule has 3 aromatic carbocycles. The number of benzene rings is 3. The number of nitrogens with one attached hydrogen (secondary N) is 1. The number of nitrogens with zero attached hydrogens (tertiary/aromatic N) is 2. The molecule has 0 unspecified atom stereocenters. The van der Waals surface area contributed by atoms with Crippen molar-refractivity contribution in [1.29, 1.82) is 0 Å². The lowest BCUT2D eigenvalue weighted by atomic mass is 9.97. The highest BCUT2D eigenvalue weighted by atomic mass is 35.5. The molecule has 1 amide bonds. The van der Waals surface area contributed by atoms with Crippen LogP contribution in [0.3, 0.4) is 0 Å². The van der Waals surface area contributed by atoms with E-state index in [1.54, 1.807) is 54.6 Å². The van der Waals surface area contributed by atoms with Gasteiger partial charge in [-0.2, -0.15) is 0 Å². The van der Waals surface area contributed by atoms with Crippen LogP contribution in [0.4, 0.5) is 5.69 Å². The molecule has 0 saturated carbocycles. The van der Waals surface area contributed by atoms with Gasteiger partial charge in [0.05, 0.1) is 6.54 Å². The molecule has 0 radical (unpaired) electrons. The first-order valence-electron chi connectivity index (χ1n) is 10.2. The topological polar surface area (TPSA) is 61.8 Å². The van der Waals surface area contributed by atoms with E-state index in [2.05, 4.69) is 15.2 Å². The molecule has 5 nitrogen and oxygen atoms in total. The summed E-state index contributed by atoms with van der Waals surface area (Å²) in [7, 11) is 2.00. The summed E-state index contributed by atoms with van der Waals surface area (Å²) in [5.41, 5.74) is 3.13. The standard InChI is InChI=1S/C25H21Cl2N3O2.CH4/c1-30-13-12-28-24(30)17-4-2-16(3-5-17)23(31)14-18-6-7-20(27)15-22(18)25(32)29-21-10-8-19(26)9-11-21;/h2-11,15H,12-14H2,1H3,(H,29,32);1H4. The molecule has 1 N–H and O–H groups in total. The number of aliphatic imine (C=N–C) groups is 1. The largest absolute Gasteiger partial charge is 0.358 e. The summed E-state index contributed by atoms with van der Waals surface area (Å²) in [5.74, 6) is 0.513. The first-order valence-corrected chi connectivity index (χ1v) is 10.9. The van der Waals surface area contributed by atoms with E-state index in [1.807, 2.05) is 19.2 Å². The second kappa shape index (κ2) is 10.6. The first kappa shape index (κ1) is 24.5. The van der Waals surface area contributed by atoms with Crippen molar-refractivity contribution in [2.24, 2.45) is 4.99 Å². The van der Waals surface area contributed by atoms with Gasteiger partial charge < -0.3 is 10.2 Å². The Morgan fingerprint density at radius 2 is 1.64 bits per heavy atom. The molecule has 1 aliphatic rings. The van der Waals surface area contributed by atoms with Gasteiger partial charge in [0.2, 0.25) is 0 Å². The van der Waals surface area contributed by atoms with Crippen LogP contribution >= 0.6 is 23.2 Å². The summed E-state index contributed by atoms with van der Waals surface area (Å²) in [6.07, 6.45) is 0.0841. The predicted octanol–water partition coefficient (Wildman–Crippen LogP) is 6.00. The quantitative estimate of drug-likeness (QED) is 0.439. The second-order valence-corrected chi connectivity index (χ2v) is 8.44. The van der Waals surface area contributed by atoms with E-state index in [4.69, 9.17) is 23.2 Å². The van der Waals surface area contributed by atoms with E-state index >= 15 is 0 Å². The highest BCUT2D eigenvalue weighted by molar-refractivity contribution is 6.31. The fourth-order valence-corrected chi connectivity index (χ4v) is 3.87. The molecule has 7 heteroatoms. The summed E-state index contributed by atoms with van der Waals surface area (Å²) >= 11 is 12.0. The smallest absolute Gasteiger partial charge is 0.256 e. The van der Waals surface area contributed by atoms with E-state index < -0.39 is 0 Å². The van der Waals surface area contributed by atoms with Crippen molar-refractivity contribution < 1.29 is 9.59 Å². The number of rotatable bonds is 6. The van der Waals surface area contributed by atoms with Gasteiger partial charge in [-0.05, 0) is 42.0 Å².